The molecule has 12 heteroatoms. The van der Waals surface area contributed by atoms with Crippen LogP contribution in [0.15, 0.2) is 34.0 Å². The molecule has 0 spiro atoms. The van der Waals surface area contributed by atoms with Gasteiger partial charge in [0.15, 0.2) is 5.69 Å². The van der Waals surface area contributed by atoms with Crippen molar-refractivity contribution in [3.8, 4) is 5.82 Å². The predicted molar refractivity (Wildman–Crippen MR) is 123 cm³/mol. The van der Waals surface area contributed by atoms with Gasteiger partial charge in [-0.2, -0.15) is 9.78 Å². The Hall–Kier alpha value is -3.80. The number of nitrogens with zero attached hydrogens (tertiary/aromatic N) is 8. The molecule has 1 amide bonds. The van der Waals surface area contributed by atoms with Crippen molar-refractivity contribution >= 4 is 23.6 Å². The van der Waals surface area contributed by atoms with E-state index in [0.717, 1.165) is 50.3 Å². The summed E-state index contributed by atoms with van der Waals surface area (Å²) >= 11 is 0. The third-order valence-electron chi connectivity index (χ3n) is 5.62. The monoisotopic (exact) mass is 452 g/mol. The maximum atomic E-state index is 13.1. The molecule has 3 heterocycles. The van der Waals surface area contributed by atoms with Gasteiger partial charge in [0.25, 0.3) is 5.91 Å². The van der Waals surface area contributed by atoms with Crippen molar-refractivity contribution < 1.29 is 9.42 Å². The van der Waals surface area contributed by atoms with Gasteiger partial charge in [-0.25, -0.2) is 10.1 Å². The Labute approximate surface area is 191 Å². The fourth-order valence-corrected chi connectivity index (χ4v) is 3.86. The quantitative estimate of drug-likeness (QED) is 0.364. The van der Waals surface area contributed by atoms with Gasteiger partial charge < -0.3 is 10.6 Å². The topological polar surface area (TPSA) is 144 Å². The summed E-state index contributed by atoms with van der Waals surface area (Å²) in [6.45, 7) is 8.50. The average molecular weight is 453 g/mol. The molecule has 1 aromatic carbocycles. The van der Waals surface area contributed by atoms with Gasteiger partial charge >= 0.3 is 0 Å². The van der Waals surface area contributed by atoms with E-state index in [4.69, 9.17) is 5.73 Å². The number of carbonyl (C=O) groups is 1. The number of amides is 1. The second-order valence-electron chi connectivity index (χ2n) is 7.72. The summed E-state index contributed by atoms with van der Waals surface area (Å²) in [5.41, 5.74) is 11.1. The van der Waals surface area contributed by atoms with Crippen molar-refractivity contribution in [2.45, 2.75) is 33.2 Å². The molecular formula is C21H28N10O2. The van der Waals surface area contributed by atoms with Gasteiger partial charge in [0.05, 0.1) is 6.21 Å². The SMILES string of the molecule is CCN(CC)c1ccc(/C=N/NC(=O)c2c(CN3CCCC3)nnn2-c2nonc2N)cc1. The van der Waals surface area contributed by atoms with Gasteiger partial charge in [0.1, 0.15) is 5.69 Å². The minimum Gasteiger partial charge on any atom is -0.378 e. The first-order valence-corrected chi connectivity index (χ1v) is 11.0. The highest BCUT2D eigenvalue weighted by atomic mass is 16.6. The smallest absolute Gasteiger partial charge is 0.292 e. The molecule has 0 atom stereocenters. The van der Waals surface area contributed by atoms with Crippen molar-refractivity contribution in [3.05, 3.63) is 41.2 Å². The molecule has 174 valence electrons. The fraction of sp³-hybridized carbons (Fsp3) is 0.429. The molecule has 4 rings (SSSR count). The minimum absolute atomic E-state index is 0.0125. The number of hydrogen-bond acceptors (Lipinski definition) is 10. The van der Waals surface area contributed by atoms with E-state index in [1.54, 1.807) is 6.21 Å². The Bertz CT molecular complexity index is 1090. The average Bonchev–Trinajstić information content (AvgIpc) is 3.57. The summed E-state index contributed by atoms with van der Waals surface area (Å²) in [5.74, 6) is -0.359. The lowest BCUT2D eigenvalue weighted by Gasteiger charge is -2.20. The summed E-state index contributed by atoms with van der Waals surface area (Å²) in [5, 5.41) is 19.7. The van der Waals surface area contributed by atoms with Crippen LogP contribution in [-0.4, -0.2) is 68.5 Å². The molecular weight excluding hydrogens is 424 g/mol. The first kappa shape index (κ1) is 22.4. The molecule has 33 heavy (non-hydrogen) atoms. The third-order valence-corrected chi connectivity index (χ3v) is 5.62. The van der Waals surface area contributed by atoms with Crippen molar-refractivity contribution in [2.75, 3.05) is 36.8 Å². The normalized spacial score (nSPS) is 14.2. The van der Waals surface area contributed by atoms with Gasteiger partial charge in [-0.05, 0) is 67.8 Å². The van der Waals surface area contributed by atoms with Crippen LogP contribution in [0.2, 0.25) is 0 Å². The van der Waals surface area contributed by atoms with Crippen LogP contribution in [0.1, 0.15) is 48.4 Å². The van der Waals surface area contributed by atoms with Crippen LogP contribution in [0, 0.1) is 0 Å². The number of nitrogen functional groups attached to an aromatic ring is 1. The number of benzene rings is 1. The Morgan fingerprint density at radius 1 is 1.21 bits per heavy atom. The zero-order chi connectivity index (χ0) is 23.2. The number of rotatable bonds is 9. The highest BCUT2D eigenvalue weighted by Gasteiger charge is 2.26. The van der Waals surface area contributed by atoms with E-state index in [-0.39, 0.29) is 17.3 Å². The number of hydrogen-bond donors (Lipinski definition) is 2. The van der Waals surface area contributed by atoms with E-state index in [0.29, 0.717) is 12.2 Å². The number of anilines is 2. The molecule has 1 aliphatic heterocycles. The molecule has 1 aliphatic rings. The van der Waals surface area contributed by atoms with E-state index < -0.39 is 5.91 Å². The third kappa shape index (κ3) is 5.00. The zero-order valence-corrected chi connectivity index (χ0v) is 18.8. The van der Waals surface area contributed by atoms with E-state index in [1.165, 1.54) is 4.68 Å². The Kier molecular flexibility index (Phi) is 6.93. The second kappa shape index (κ2) is 10.2. The molecule has 2 aromatic heterocycles. The number of aromatic nitrogens is 5. The highest BCUT2D eigenvalue weighted by molar-refractivity contribution is 5.95. The van der Waals surface area contributed by atoms with Gasteiger partial charge in [-0.1, -0.05) is 17.3 Å². The molecule has 3 N–H and O–H groups in total. The number of nitrogens with one attached hydrogen (secondary N) is 1. The van der Waals surface area contributed by atoms with Gasteiger partial charge in [-0.15, -0.1) is 5.10 Å². The van der Waals surface area contributed by atoms with Crippen LogP contribution in [0.5, 0.6) is 0 Å². The second-order valence-corrected chi connectivity index (χ2v) is 7.72. The lowest BCUT2D eigenvalue weighted by atomic mass is 10.2. The standard InChI is InChI=1S/C21H28N10O2/c1-3-30(4-2)16-9-7-15(8-10-16)13-23-25-21(32)18-17(14-29-11-5-6-12-29)24-28-31(18)20-19(22)26-33-27-20/h7-10,13H,3-6,11-12,14H2,1-2H3,(H2,22,26)(H,25,32)/b23-13+. The Morgan fingerprint density at radius 2 is 1.94 bits per heavy atom. The Balaban J connectivity index is 1.51. The maximum absolute atomic E-state index is 13.1. The number of hydrazone groups is 1. The number of nitrogens with two attached hydrogens (primary N) is 1. The summed E-state index contributed by atoms with van der Waals surface area (Å²) in [7, 11) is 0. The van der Waals surface area contributed by atoms with E-state index >= 15 is 0 Å². The van der Waals surface area contributed by atoms with Crippen LogP contribution in [0.4, 0.5) is 11.5 Å². The van der Waals surface area contributed by atoms with Crippen LogP contribution in [0.25, 0.3) is 5.82 Å². The van der Waals surface area contributed by atoms with Crippen LogP contribution < -0.4 is 16.1 Å². The summed E-state index contributed by atoms with van der Waals surface area (Å²) < 4.78 is 5.91. The van der Waals surface area contributed by atoms with Gasteiger partial charge in [0.2, 0.25) is 11.6 Å². The molecule has 0 saturated carbocycles. The van der Waals surface area contributed by atoms with E-state index in [1.807, 2.05) is 24.3 Å². The molecule has 1 fully saturated rings. The van der Waals surface area contributed by atoms with Gasteiger partial charge in [0, 0.05) is 25.3 Å². The lowest BCUT2D eigenvalue weighted by molar-refractivity contribution is 0.0945. The minimum atomic E-state index is -0.479. The predicted octanol–water partition coefficient (Wildman–Crippen LogP) is 1.44. The van der Waals surface area contributed by atoms with E-state index in [9.17, 15) is 4.79 Å². The summed E-state index contributed by atoms with van der Waals surface area (Å²) in [6, 6.07) is 7.97. The van der Waals surface area contributed by atoms with Crippen molar-refractivity contribution in [1.82, 2.24) is 35.6 Å². The molecule has 0 bridgehead atoms. The highest BCUT2D eigenvalue weighted by Crippen LogP contribution is 2.19. The van der Waals surface area contributed by atoms with Crippen LogP contribution in [0.3, 0.4) is 0 Å². The van der Waals surface area contributed by atoms with Crippen LogP contribution >= 0.6 is 0 Å². The molecule has 1 saturated heterocycles. The molecule has 0 aliphatic carbocycles. The van der Waals surface area contributed by atoms with Gasteiger partial charge in [-0.3, -0.25) is 9.69 Å². The molecule has 0 unspecified atom stereocenters. The largest absolute Gasteiger partial charge is 0.378 e. The molecule has 0 radical (unpaired) electrons. The Morgan fingerprint density at radius 3 is 2.58 bits per heavy atom. The summed E-state index contributed by atoms with van der Waals surface area (Å²) in [4.78, 5) is 17.5. The zero-order valence-electron chi connectivity index (χ0n) is 18.8. The number of likely N-dealkylation sites (tertiary alicyclic amines) is 1. The molecule has 12 nitrogen and oxygen atoms in total. The molecule has 3 aromatic rings. The maximum Gasteiger partial charge on any atom is 0.292 e. The van der Waals surface area contributed by atoms with Crippen molar-refractivity contribution in [3.63, 3.8) is 0 Å². The number of carbonyl (C=O) groups excluding carboxylic acids is 1. The first-order valence-electron chi connectivity index (χ1n) is 11.0. The fourth-order valence-electron chi connectivity index (χ4n) is 3.86. The first-order chi connectivity index (χ1) is 16.1. The van der Waals surface area contributed by atoms with Crippen molar-refractivity contribution in [2.24, 2.45) is 5.10 Å². The van der Waals surface area contributed by atoms with Crippen LogP contribution in [-0.2, 0) is 6.54 Å². The van der Waals surface area contributed by atoms with E-state index in [2.05, 4.69) is 59.4 Å². The lowest BCUT2D eigenvalue weighted by Crippen LogP contribution is -2.26. The van der Waals surface area contributed by atoms with Crippen molar-refractivity contribution in [1.29, 1.82) is 0 Å². The summed E-state index contributed by atoms with van der Waals surface area (Å²) in [6.07, 6.45) is 3.82.